The van der Waals surface area contributed by atoms with Crippen LogP contribution < -0.4 is 0 Å². The fourth-order valence-corrected chi connectivity index (χ4v) is 3.83. The summed E-state index contributed by atoms with van der Waals surface area (Å²) in [6.07, 6.45) is 0.588. The number of benzene rings is 1. The molecular formula is C16H11F3N2S2. The topological polar surface area (TPSA) is 25.8 Å². The van der Waals surface area contributed by atoms with Crippen molar-refractivity contribution in [2.75, 3.05) is 6.26 Å². The minimum absolute atomic E-state index is 0.201. The number of pyridine rings is 1. The number of thiazole rings is 1. The number of hydrogen-bond donors (Lipinski definition) is 0. The van der Waals surface area contributed by atoms with Crippen LogP contribution in [0, 0.1) is 0 Å². The molecule has 0 saturated carbocycles. The molecule has 0 bridgehead atoms. The van der Waals surface area contributed by atoms with Crippen LogP contribution in [0.3, 0.4) is 0 Å². The summed E-state index contributed by atoms with van der Waals surface area (Å²) in [6, 6.07) is 7.84. The van der Waals surface area contributed by atoms with E-state index >= 15 is 0 Å². The Morgan fingerprint density at radius 2 is 1.83 bits per heavy atom. The lowest BCUT2D eigenvalue weighted by molar-refractivity contribution is -0.139. The fraction of sp³-hybridized carbons (Fsp3) is 0.125. The molecule has 0 unspecified atom stereocenters. The standard InChI is InChI=1S/C16H11F3N2S2/c1-22-14-11(3-2-4-12(14)16(17,18)19)13-9-23-15(21-13)10-5-7-20-8-6-10/h2-9H,1H3. The van der Waals surface area contributed by atoms with E-state index in [1.165, 1.54) is 17.4 Å². The van der Waals surface area contributed by atoms with Gasteiger partial charge in [-0.15, -0.1) is 23.1 Å². The summed E-state index contributed by atoms with van der Waals surface area (Å²) in [5.41, 5.74) is 1.33. The average molecular weight is 352 g/mol. The minimum atomic E-state index is -4.38. The van der Waals surface area contributed by atoms with Crippen LogP contribution in [0.4, 0.5) is 13.2 Å². The van der Waals surface area contributed by atoms with Gasteiger partial charge in [0.1, 0.15) is 5.01 Å². The maximum absolute atomic E-state index is 13.2. The van der Waals surface area contributed by atoms with E-state index in [0.717, 1.165) is 28.4 Å². The number of alkyl halides is 3. The molecule has 7 heteroatoms. The molecular weight excluding hydrogens is 341 g/mol. The van der Waals surface area contributed by atoms with Gasteiger partial charge in [0.2, 0.25) is 0 Å². The van der Waals surface area contributed by atoms with Gasteiger partial charge in [-0.05, 0) is 24.5 Å². The molecule has 0 aliphatic rings. The van der Waals surface area contributed by atoms with E-state index in [0.29, 0.717) is 11.3 Å². The lowest BCUT2D eigenvalue weighted by atomic mass is 10.1. The van der Waals surface area contributed by atoms with Crippen LogP contribution in [-0.2, 0) is 6.18 Å². The second kappa shape index (κ2) is 6.33. The van der Waals surface area contributed by atoms with Gasteiger partial charge in [-0.25, -0.2) is 4.98 Å². The highest BCUT2D eigenvalue weighted by Gasteiger charge is 2.34. The van der Waals surface area contributed by atoms with E-state index < -0.39 is 11.7 Å². The highest BCUT2D eigenvalue weighted by molar-refractivity contribution is 7.98. The van der Waals surface area contributed by atoms with E-state index in [-0.39, 0.29) is 4.90 Å². The molecule has 23 heavy (non-hydrogen) atoms. The van der Waals surface area contributed by atoms with Gasteiger partial charge in [0.25, 0.3) is 0 Å². The van der Waals surface area contributed by atoms with Gasteiger partial charge < -0.3 is 0 Å². The number of aromatic nitrogens is 2. The Morgan fingerprint density at radius 3 is 2.48 bits per heavy atom. The van der Waals surface area contributed by atoms with Crippen molar-refractivity contribution >= 4 is 23.1 Å². The predicted molar refractivity (Wildman–Crippen MR) is 87.6 cm³/mol. The van der Waals surface area contributed by atoms with Crippen LogP contribution in [0.15, 0.2) is 53.0 Å². The second-order valence-corrected chi connectivity index (χ2v) is 6.33. The molecule has 2 aromatic heterocycles. The maximum Gasteiger partial charge on any atom is 0.417 e. The molecule has 0 radical (unpaired) electrons. The molecule has 0 saturated heterocycles. The van der Waals surface area contributed by atoms with E-state index in [4.69, 9.17) is 0 Å². The molecule has 0 atom stereocenters. The molecule has 0 N–H and O–H groups in total. The lowest BCUT2D eigenvalue weighted by Gasteiger charge is -2.14. The van der Waals surface area contributed by atoms with Crippen molar-refractivity contribution in [3.63, 3.8) is 0 Å². The largest absolute Gasteiger partial charge is 0.417 e. The zero-order valence-corrected chi connectivity index (χ0v) is 13.6. The Balaban J connectivity index is 2.08. The maximum atomic E-state index is 13.2. The first kappa shape index (κ1) is 16.0. The smallest absolute Gasteiger partial charge is 0.265 e. The Morgan fingerprint density at radius 1 is 1.09 bits per heavy atom. The number of hydrogen-bond acceptors (Lipinski definition) is 4. The van der Waals surface area contributed by atoms with Crippen molar-refractivity contribution in [1.82, 2.24) is 9.97 Å². The van der Waals surface area contributed by atoms with Gasteiger partial charge in [0.15, 0.2) is 0 Å². The Kier molecular flexibility index (Phi) is 4.41. The monoisotopic (exact) mass is 352 g/mol. The van der Waals surface area contributed by atoms with Gasteiger partial charge >= 0.3 is 6.18 Å². The predicted octanol–water partition coefficient (Wildman–Crippen LogP) is 5.61. The Bertz CT molecular complexity index is 814. The summed E-state index contributed by atoms with van der Waals surface area (Å²) in [6.45, 7) is 0. The third-order valence-corrected chi connectivity index (χ3v) is 4.97. The van der Waals surface area contributed by atoms with Gasteiger partial charge in [-0.2, -0.15) is 13.2 Å². The Labute approximate surface area is 139 Å². The van der Waals surface area contributed by atoms with Crippen LogP contribution >= 0.6 is 23.1 Å². The van der Waals surface area contributed by atoms with Crippen molar-refractivity contribution in [2.45, 2.75) is 11.1 Å². The molecule has 3 aromatic rings. The number of rotatable bonds is 3. The number of nitrogens with zero attached hydrogens (tertiary/aromatic N) is 2. The normalized spacial score (nSPS) is 11.7. The Hall–Kier alpha value is -1.86. The average Bonchev–Trinajstić information content (AvgIpc) is 3.04. The minimum Gasteiger partial charge on any atom is -0.265 e. The number of thioether (sulfide) groups is 1. The summed E-state index contributed by atoms with van der Waals surface area (Å²) in [7, 11) is 0. The van der Waals surface area contributed by atoms with Crippen LogP contribution in [-0.4, -0.2) is 16.2 Å². The van der Waals surface area contributed by atoms with Crippen molar-refractivity contribution < 1.29 is 13.2 Å². The van der Waals surface area contributed by atoms with Crippen molar-refractivity contribution in [2.24, 2.45) is 0 Å². The first-order chi connectivity index (χ1) is 11.0. The molecule has 0 fully saturated rings. The molecule has 0 aliphatic carbocycles. The van der Waals surface area contributed by atoms with Crippen molar-refractivity contribution in [3.05, 3.63) is 53.7 Å². The summed E-state index contributed by atoms with van der Waals surface area (Å²) in [4.78, 5) is 8.64. The van der Waals surface area contributed by atoms with E-state index in [2.05, 4.69) is 9.97 Å². The summed E-state index contributed by atoms with van der Waals surface area (Å²) in [5.74, 6) is 0. The third-order valence-electron chi connectivity index (χ3n) is 3.23. The first-order valence-electron chi connectivity index (χ1n) is 6.61. The lowest BCUT2D eigenvalue weighted by Crippen LogP contribution is -2.07. The van der Waals surface area contributed by atoms with Crippen LogP contribution in [0.5, 0.6) is 0 Å². The summed E-state index contributed by atoms with van der Waals surface area (Å²) < 4.78 is 39.5. The van der Waals surface area contributed by atoms with Crippen LogP contribution in [0.25, 0.3) is 21.8 Å². The fourth-order valence-electron chi connectivity index (χ4n) is 2.21. The highest BCUT2D eigenvalue weighted by Crippen LogP contribution is 2.41. The van der Waals surface area contributed by atoms with Gasteiger partial charge in [-0.3, -0.25) is 4.98 Å². The van der Waals surface area contributed by atoms with Crippen molar-refractivity contribution in [1.29, 1.82) is 0 Å². The zero-order chi connectivity index (χ0) is 16.4. The van der Waals surface area contributed by atoms with E-state index in [1.807, 2.05) is 12.1 Å². The van der Waals surface area contributed by atoms with Crippen LogP contribution in [0.2, 0.25) is 0 Å². The van der Waals surface area contributed by atoms with Gasteiger partial charge in [0, 0.05) is 33.8 Å². The van der Waals surface area contributed by atoms with Gasteiger partial charge in [-0.1, -0.05) is 12.1 Å². The molecule has 0 amide bonds. The first-order valence-corrected chi connectivity index (χ1v) is 8.71. The highest BCUT2D eigenvalue weighted by atomic mass is 32.2. The molecule has 0 aliphatic heterocycles. The summed E-state index contributed by atoms with van der Waals surface area (Å²) >= 11 is 2.48. The number of halogens is 3. The third kappa shape index (κ3) is 3.25. The van der Waals surface area contributed by atoms with Crippen LogP contribution in [0.1, 0.15) is 5.56 Å². The molecule has 2 nitrogen and oxygen atoms in total. The zero-order valence-electron chi connectivity index (χ0n) is 12.0. The van der Waals surface area contributed by atoms with Crippen molar-refractivity contribution in [3.8, 4) is 21.8 Å². The molecule has 2 heterocycles. The molecule has 3 rings (SSSR count). The SMILES string of the molecule is CSc1c(-c2csc(-c3ccncc3)n2)cccc1C(F)(F)F. The van der Waals surface area contributed by atoms with E-state index in [9.17, 15) is 13.2 Å². The second-order valence-electron chi connectivity index (χ2n) is 4.66. The molecule has 1 aromatic carbocycles. The van der Waals surface area contributed by atoms with Gasteiger partial charge in [0.05, 0.1) is 11.3 Å². The molecule has 118 valence electrons. The summed E-state index contributed by atoms with van der Waals surface area (Å²) in [5, 5.41) is 2.54. The van der Waals surface area contributed by atoms with E-state index in [1.54, 1.807) is 30.1 Å². The molecule has 0 spiro atoms. The quantitative estimate of drug-likeness (QED) is 0.573.